The van der Waals surface area contributed by atoms with Crippen LogP contribution in [-0.2, 0) is 6.42 Å². The molecule has 1 heterocycles. The van der Waals surface area contributed by atoms with Crippen LogP contribution in [0.5, 0.6) is 0 Å². The van der Waals surface area contributed by atoms with Crippen molar-refractivity contribution in [2.75, 3.05) is 11.1 Å². The van der Waals surface area contributed by atoms with E-state index in [1.807, 2.05) is 12.1 Å². The van der Waals surface area contributed by atoms with E-state index in [1.165, 1.54) is 11.1 Å². The van der Waals surface area contributed by atoms with E-state index in [0.29, 0.717) is 11.9 Å². The number of aryl methyl sites for hydroxylation is 1. The van der Waals surface area contributed by atoms with Crippen LogP contribution in [0.25, 0.3) is 0 Å². The van der Waals surface area contributed by atoms with Crippen molar-refractivity contribution in [3.63, 3.8) is 0 Å². The summed E-state index contributed by atoms with van der Waals surface area (Å²) in [7, 11) is 0. The van der Waals surface area contributed by atoms with Gasteiger partial charge in [0.1, 0.15) is 6.20 Å². The molecule has 0 saturated carbocycles. The Balaban J connectivity index is 1.90. The van der Waals surface area contributed by atoms with Gasteiger partial charge in [-0.1, -0.05) is 31.2 Å². The molecule has 2 unspecified atom stereocenters. The largest absolute Gasteiger partial charge is 0.378 e. The zero-order valence-corrected chi connectivity index (χ0v) is 12.2. The predicted octanol–water partition coefficient (Wildman–Crippen LogP) is 2.70. The smallest absolute Gasteiger partial charge is 0.329 e. The monoisotopic (exact) mass is 299 g/mol. The average Bonchev–Trinajstić information content (AvgIpc) is 2.50. The third-order valence-electron chi connectivity index (χ3n) is 4.11. The van der Waals surface area contributed by atoms with Gasteiger partial charge in [0.05, 0.1) is 11.0 Å². The molecule has 1 aliphatic rings. The van der Waals surface area contributed by atoms with Gasteiger partial charge in [0.25, 0.3) is 0 Å². The molecule has 0 spiro atoms. The Labute approximate surface area is 127 Å². The highest BCUT2D eigenvalue weighted by molar-refractivity contribution is 5.53. The van der Waals surface area contributed by atoms with E-state index in [1.54, 1.807) is 0 Å². The van der Waals surface area contributed by atoms with Gasteiger partial charge >= 0.3 is 5.69 Å². The molecule has 1 aliphatic carbocycles. The Kier molecular flexibility index (Phi) is 3.62. The van der Waals surface area contributed by atoms with Gasteiger partial charge in [-0.2, -0.15) is 4.98 Å². The maximum Gasteiger partial charge on any atom is 0.329 e. The van der Waals surface area contributed by atoms with Gasteiger partial charge in [-0.05, 0) is 29.9 Å². The zero-order valence-electron chi connectivity index (χ0n) is 12.2. The van der Waals surface area contributed by atoms with Crippen LogP contribution >= 0.6 is 0 Å². The third-order valence-corrected chi connectivity index (χ3v) is 4.11. The van der Waals surface area contributed by atoms with Gasteiger partial charge in [-0.15, -0.1) is 0 Å². The lowest BCUT2D eigenvalue weighted by Gasteiger charge is -2.32. The van der Waals surface area contributed by atoms with Crippen LogP contribution in [0.15, 0.2) is 30.5 Å². The summed E-state index contributed by atoms with van der Waals surface area (Å²) < 4.78 is 0. The van der Waals surface area contributed by atoms with Crippen molar-refractivity contribution in [1.29, 1.82) is 0 Å². The number of hydrogen-bond acceptors (Lipinski definition) is 6. The fourth-order valence-electron chi connectivity index (χ4n) is 2.88. The number of hydrogen-bond donors (Lipinski definition) is 2. The second-order valence-electron chi connectivity index (χ2n) is 5.56. The van der Waals surface area contributed by atoms with E-state index in [4.69, 9.17) is 5.73 Å². The van der Waals surface area contributed by atoms with Crippen LogP contribution < -0.4 is 11.1 Å². The van der Waals surface area contributed by atoms with Crippen molar-refractivity contribution in [2.45, 2.75) is 25.8 Å². The van der Waals surface area contributed by atoms with Crippen LogP contribution in [0.3, 0.4) is 0 Å². The molecule has 0 amide bonds. The molecule has 22 heavy (non-hydrogen) atoms. The van der Waals surface area contributed by atoms with Crippen molar-refractivity contribution in [3.05, 3.63) is 51.7 Å². The molecule has 7 heteroatoms. The first-order valence-corrected chi connectivity index (χ1v) is 7.17. The molecule has 0 fully saturated rings. The normalized spacial score (nSPS) is 20.2. The Morgan fingerprint density at radius 2 is 2.18 bits per heavy atom. The molecule has 3 rings (SSSR count). The van der Waals surface area contributed by atoms with Crippen molar-refractivity contribution < 1.29 is 4.92 Å². The molecule has 1 aromatic heterocycles. The summed E-state index contributed by atoms with van der Waals surface area (Å²) in [4.78, 5) is 18.2. The van der Waals surface area contributed by atoms with Gasteiger partial charge in [0, 0.05) is 0 Å². The van der Waals surface area contributed by atoms with E-state index in [-0.39, 0.29) is 17.5 Å². The number of aromatic nitrogens is 2. The summed E-state index contributed by atoms with van der Waals surface area (Å²) in [5.74, 6) is 0.603. The Bertz CT molecular complexity index is 719. The fourth-order valence-corrected chi connectivity index (χ4v) is 2.88. The number of nitrogens with two attached hydrogens (primary N) is 1. The van der Waals surface area contributed by atoms with E-state index in [2.05, 4.69) is 34.3 Å². The summed E-state index contributed by atoms with van der Waals surface area (Å²) in [5.41, 5.74) is 7.89. The summed E-state index contributed by atoms with van der Waals surface area (Å²) >= 11 is 0. The molecule has 2 atom stereocenters. The Hall–Kier alpha value is -2.70. The second-order valence-corrected chi connectivity index (χ2v) is 5.56. The van der Waals surface area contributed by atoms with Gasteiger partial charge in [0.15, 0.2) is 0 Å². The number of benzene rings is 1. The third kappa shape index (κ3) is 2.57. The lowest BCUT2D eigenvalue weighted by molar-refractivity contribution is -0.384. The molecule has 0 saturated heterocycles. The van der Waals surface area contributed by atoms with Gasteiger partial charge in [-0.25, -0.2) is 4.98 Å². The molecule has 3 N–H and O–H groups in total. The first kappa shape index (κ1) is 14.2. The summed E-state index contributed by atoms with van der Waals surface area (Å²) in [5, 5.41) is 14.0. The lowest BCUT2D eigenvalue weighted by atomic mass is 9.81. The standard InChI is InChI=1S/C15H17N5O2/c1-9-6-7-10-4-2-3-5-11(10)13(9)18-15-17-8-12(20(21)22)14(16)19-15/h2-5,8-9,13H,6-7H2,1H3,(H3,16,17,18,19). The van der Waals surface area contributed by atoms with Gasteiger partial charge < -0.3 is 11.1 Å². The van der Waals surface area contributed by atoms with E-state index < -0.39 is 4.92 Å². The minimum atomic E-state index is -0.586. The van der Waals surface area contributed by atoms with E-state index in [9.17, 15) is 10.1 Å². The molecule has 7 nitrogen and oxygen atoms in total. The van der Waals surface area contributed by atoms with Crippen LogP contribution in [0.2, 0.25) is 0 Å². The lowest BCUT2D eigenvalue weighted by Crippen LogP contribution is -2.25. The maximum absolute atomic E-state index is 10.8. The number of nitrogens with zero attached hydrogens (tertiary/aromatic N) is 3. The van der Waals surface area contributed by atoms with Crippen molar-refractivity contribution in [1.82, 2.24) is 9.97 Å². The quantitative estimate of drug-likeness (QED) is 0.666. The van der Waals surface area contributed by atoms with Gasteiger partial charge in [-0.3, -0.25) is 10.1 Å². The fraction of sp³-hybridized carbons (Fsp3) is 0.333. The molecular formula is C15H17N5O2. The van der Waals surface area contributed by atoms with Gasteiger partial charge in [0.2, 0.25) is 11.8 Å². The minimum absolute atomic E-state index is 0.0748. The summed E-state index contributed by atoms with van der Waals surface area (Å²) in [6.07, 6.45) is 3.26. The summed E-state index contributed by atoms with van der Waals surface area (Å²) in [6, 6.07) is 8.34. The first-order valence-electron chi connectivity index (χ1n) is 7.17. The molecule has 2 aromatic rings. The van der Waals surface area contributed by atoms with Crippen LogP contribution in [0, 0.1) is 16.0 Å². The highest BCUT2D eigenvalue weighted by atomic mass is 16.6. The van der Waals surface area contributed by atoms with E-state index in [0.717, 1.165) is 19.0 Å². The topological polar surface area (TPSA) is 107 Å². The highest BCUT2D eigenvalue weighted by Gasteiger charge is 2.27. The minimum Gasteiger partial charge on any atom is -0.378 e. The molecule has 0 aliphatic heterocycles. The van der Waals surface area contributed by atoms with Crippen LogP contribution in [-0.4, -0.2) is 14.9 Å². The second kappa shape index (κ2) is 5.59. The Morgan fingerprint density at radius 1 is 1.41 bits per heavy atom. The predicted molar refractivity (Wildman–Crippen MR) is 83.4 cm³/mol. The number of fused-ring (bicyclic) bond motifs is 1. The van der Waals surface area contributed by atoms with Crippen molar-refractivity contribution in [3.8, 4) is 0 Å². The van der Waals surface area contributed by atoms with Crippen LogP contribution in [0.1, 0.15) is 30.5 Å². The molecule has 1 aromatic carbocycles. The van der Waals surface area contributed by atoms with E-state index >= 15 is 0 Å². The first-order chi connectivity index (χ1) is 10.6. The van der Waals surface area contributed by atoms with Crippen LogP contribution in [0.4, 0.5) is 17.5 Å². The SMILES string of the molecule is CC1CCc2ccccc2C1Nc1ncc([N+](=O)[O-])c(N)n1. The van der Waals surface area contributed by atoms with Crippen molar-refractivity contribution in [2.24, 2.45) is 5.92 Å². The van der Waals surface area contributed by atoms with Crippen molar-refractivity contribution >= 4 is 17.5 Å². The summed E-state index contributed by atoms with van der Waals surface area (Å²) in [6.45, 7) is 2.17. The maximum atomic E-state index is 10.8. The number of nitrogens with one attached hydrogen (secondary N) is 1. The zero-order chi connectivity index (χ0) is 15.7. The number of anilines is 2. The number of nitro groups is 1. The molecular weight excluding hydrogens is 282 g/mol. The Morgan fingerprint density at radius 3 is 2.91 bits per heavy atom. The number of rotatable bonds is 3. The molecule has 0 bridgehead atoms. The number of nitrogen functional groups attached to an aromatic ring is 1. The molecule has 114 valence electrons. The molecule has 0 radical (unpaired) electrons. The average molecular weight is 299 g/mol. The highest BCUT2D eigenvalue weighted by Crippen LogP contribution is 2.36.